The number of thiophene rings is 2. The van der Waals surface area contributed by atoms with Crippen molar-refractivity contribution in [1.82, 2.24) is 0 Å². The highest BCUT2D eigenvalue weighted by Crippen LogP contribution is 2.39. The van der Waals surface area contributed by atoms with E-state index in [0.29, 0.717) is 0 Å². The van der Waals surface area contributed by atoms with E-state index in [1.54, 1.807) is 22.7 Å². The van der Waals surface area contributed by atoms with Gasteiger partial charge in [0.15, 0.2) is 0 Å². The zero-order chi connectivity index (χ0) is 11.9. The van der Waals surface area contributed by atoms with Gasteiger partial charge in [-0.05, 0) is 78.0 Å². The molecule has 0 aromatic carbocycles. The first kappa shape index (κ1) is 13.2. The Kier molecular flexibility index (Phi) is 4.30. The number of rotatable bonds is 2. The minimum Gasteiger partial charge on any atom is -0.320 e. The van der Waals surface area contributed by atoms with Gasteiger partial charge in [-0.3, -0.25) is 0 Å². The van der Waals surface area contributed by atoms with E-state index in [1.165, 1.54) is 10.4 Å². The molecule has 0 aliphatic rings. The standard InChI is InChI=1S/C10H8Br3NS2/c1-4-5(2-7(11)15-4)9(14)6-3-8(12)16-10(6)13/h2-3,9H,14H2,1H3. The first-order chi connectivity index (χ1) is 7.49. The molecule has 16 heavy (non-hydrogen) atoms. The van der Waals surface area contributed by atoms with Gasteiger partial charge in [0.25, 0.3) is 0 Å². The predicted octanol–water partition coefficient (Wildman–Crippen LogP) is 5.45. The number of aryl methyl sites for hydroxylation is 1. The third-order valence-electron chi connectivity index (χ3n) is 2.28. The van der Waals surface area contributed by atoms with Crippen LogP contribution in [0.25, 0.3) is 0 Å². The smallest absolute Gasteiger partial charge is 0.0761 e. The van der Waals surface area contributed by atoms with Crippen molar-refractivity contribution in [2.24, 2.45) is 5.73 Å². The van der Waals surface area contributed by atoms with Crippen LogP contribution in [0.2, 0.25) is 0 Å². The van der Waals surface area contributed by atoms with E-state index in [-0.39, 0.29) is 6.04 Å². The van der Waals surface area contributed by atoms with Crippen LogP contribution in [-0.4, -0.2) is 0 Å². The molecular weight excluding hydrogens is 438 g/mol. The van der Waals surface area contributed by atoms with Gasteiger partial charge in [-0.2, -0.15) is 0 Å². The fourth-order valence-electron chi connectivity index (χ4n) is 1.50. The van der Waals surface area contributed by atoms with Crippen molar-refractivity contribution in [2.45, 2.75) is 13.0 Å². The molecule has 2 aromatic heterocycles. The second-order valence-corrected chi connectivity index (χ2v) is 9.70. The molecule has 0 bridgehead atoms. The number of nitrogens with two attached hydrogens (primary N) is 1. The Morgan fingerprint density at radius 1 is 1.06 bits per heavy atom. The van der Waals surface area contributed by atoms with Crippen molar-refractivity contribution >= 4 is 70.5 Å². The van der Waals surface area contributed by atoms with Crippen LogP contribution in [0.5, 0.6) is 0 Å². The lowest BCUT2D eigenvalue weighted by atomic mass is 10.0. The van der Waals surface area contributed by atoms with Crippen LogP contribution in [0.15, 0.2) is 23.5 Å². The normalized spacial score (nSPS) is 13.1. The monoisotopic (exact) mass is 443 g/mol. The van der Waals surface area contributed by atoms with Crippen molar-refractivity contribution in [3.05, 3.63) is 39.5 Å². The van der Waals surface area contributed by atoms with Gasteiger partial charge in [-0.25, -0.2) is 0 Å². The van der Waals surface area contributed by atoms with Gasteiger partial charge in [0.2, 0.25) is 0 Å². The quantitative estimate of drug-likeness (QED) is 0.653. The molecule has 2 heterocycles. The van der Waals surface area contributed by atoms with Crippen molar-refractivity contribution in [2.75, 3.05) is 0 Å². The summed E-state index contributed by atoms with van der Waals surface area (Å²) in [5.41, 5.74) is 8.60. The van der Waals surface area contributed by atoms with Crippen molar-refractivity contribution in [3.63, 3.8) is 0 Å². The predicted molar refractivity (Wildman–Crippen MR) is 82.5 cm³/mol. The van der Waals surface area contributed by atoms with E-state index in [9.17, 15) is 0 Å². The summed E-state index contributed by atoms with van der Waals surface area (Å²) in [5, 5.41) is 0. The van der Waals surface area contributed by atoms with Gasteiger partial charge in [-0.15, -0.1) is 22.7 Å². The summed E-state index contributed by atoms with van der Waals surface area (Å²) in [5.74, 6) is 0. The summed E-state index contributed by atoms with van der Waals surface area (Å²) in [6, 6.07) is 4.10. The Hall–Kier alpha value is 0.800. The van der Waals surface area contributed by atoms with Gasteiger partial charge < -0.3 is 5.73 Å². The van der Waals surface area contributed by atoms with Gasteiger partial charge in [-0.1, -0.05) is 0 Å². The minimum absolute atomic E-state index is 0.0699. The SMILES string of the molecule is Cc1sc(Br)cc1C(N)c1cc(Br)sc1Br. The highest BCUT2D eigenvalue weighted by molar-refractivity contribution is 9.12. The van der Waals surface area contributed by atoms with Crippen LogP contribution in [0, 0.1) is 6.92 Å². The summed E-state index contributed by atoms with van der Waals surface area (Å²) in [6.07, 6.45) is 0. The van der Waals surface area contributed by atoms with Gasteiger partial charge in [0.05, 0.1) is 17.4 Å². The van der Waals surface area contributed by atoms with E-state index < -0.39 is 0 Å². The van der Waals surface area contributed by atoms with E-state index in [4.69, 9.17) is 5.73 Å². The zero-order valence-electron chi connectivity index (χ0n) is 8.26. The summed E-state index contributed by atoms with van der Waals surface area (Å²) in [7, 11) is 0. The lowest BCUT2D eigenvalue weighted by Crippen LogP contribution is -2.11. The van der Waals surface area contributed by atoms with E-state index >= 15 is 0 Å². The number of hydrogen-bond acceptors (Lipinski definition) is 3. The maximum absolute atomic E-state index is 6.29. The van der Waals surface area contributed by atoms with Gasteiger partial charge in [0.1, 0.15) is 0 Å². The molecule has 0 fully saturated rings. The van der Waals surface area contributed by atoms with E-state index in [2.05, 4.69) is 66.8 Å². The van der Waals surface area contributed by atoms with E-state index in [1.807, 2.05) is 0 Å². The van der Waals surface area contributed by atoms with Gasteiger partial charge in [0, 0.05) is 4.88 Å². The molecule has 0 aliphatic heterocycles. The molecule has 2 aromatic rings. The zero-order valence-corrected chi connectivity index (χ0v) is 14.7. The molecule has 0 radical (unpaired) electrons. The molecule has 0 aliphatic carbocycles. The third kappa shape index (κ3) is 2.62. The van der Waals surface area contributed by atoms with Crippen molar-refractivity contribution in [3.8, 4) is 0 Å². The van der Waals surface area contributed by atoms with Crippen LogP contribution in [0.3, 0.4) is 0 Å². The maximum Gasteiger partial charge on any atom is 0.0761 e. The lowest BCUT2D eigenvalue weighted by molar-refractivity contribution is 0.869. The molecule has 1 nitrogen and oxygen atoms in total. The molecule has 0 amide bonds. The Balaban J connectivity index is 2.42. The molecule has 1 atom stereocenters. The fraction of sp³-hybridized carbons (Fsp3) is 0.200. The highest BCUT2D eigenvalue weighted by atomic mass is 79.9. The Morgan fingerprint density at radius 3 is 2.06 bits per heavy atom. The summed E-state index contributed by atoms with van der Waals surface area (Å²) in [4.78, 5) is 1.26. The van der Waals surface area contributed by atoms with Crippen LogP contribution in [0.1, 0.15) is 22.0 Å². The molecule has 1 unspecified atom stereocenters. The first-order valence-corrected chi connectivity index (χ1v) is 8.46. The molecule has 6 heteroatoms. The Bertz CT molecular complexity index is 472. The van der Waals surface area contributed by atoms with Gasteiger partial charge >= 0.3 is 0 Å². The molecule has 2 rings (SSSR count). The van der Waals surface area contributed by atoms with Crippen molar-refractivity contribution in [1.29, 1.82) is 0 Å². The molecule has 2 N–H and O–H groups in total. The maximum atomic E-state index is 6.29. The van der Waals surface area contributed by atoms with Crippen LogP contribution in [-0.2, 0) is 0 Å². The highest BCUT2D eigenvalue weighted by Gasteiger charge is 2.18. The van der Waals surface area contributed by atoms with Crippen molar-refractivity contribution < 1.29 is 0 Å². The Labute approximate surface area is 127 Å². The summed E-state index contributed by atoms with van der Waals surface area (Å²) >= 11 is 13.9. The Morgan fingerprint density at radius 2 is 1.62 bits per heavy atom. The second-order valence-electron chi connectivity index (χ2n) is 3.32. The van der Waals surface area contributed by atoms with Crippen LogP contribution >= 0.6 is 70.5 Å². The molecule has 86 valence electrons. The molecule has 0 spiro atoms. The third-order valence-corrected chi connectivity index (χ3v) is 6.23. The molecular formula is C10H8Br3NS2. The summed E-state index contributed by atoms with van der Waals surface area (Å²) in [6.45, 7) is 2.10. The second kappa shape index (κ2) is 5.20. The van der Waals surface area contributed by atoms with E-state index in [0.717, 1.165) is 16.9 Å². The lowest BCUT2D eigenvalue weighted by Gasteiger charge is -2.10. The average Bonchev–Trinajstić information content (AvgIpc) is 2.68. The first-order valence-electron chi connectivity index (χ1n) is 4.45. The largest absolute Gasteiger partial charge is 0.320 e. The number of hydrogen-bond donors (Lipinski definition) is 1. The van der Waals surface area contributed by atoms with Crippen LogP contribution < -0.4 is 5.73 Å². The minimum atomic E-state index is -0.0699. The molecule has 0 saturated heterocycles. The molecule has 0 saturated carbocycles. The topological polar surface area (TPSA) is 26.0 Å². The summed E-state index contributed by atoms with van der Waals surface area (Å²) < 4.78 is 3.31. The number of halogens is 3. The average molecular weight is 446 g/mol. The fourth-order valence-corrected chi connectivity index (χ4v) is 6.19. The van der Waals surface area contributed by atoms with Crippen LogP contribution in [0.4, 0.5) is 0 Å².